The van der Waals surface area contributed by atoms with E-state index in [9.17, 15) is 14.7 Å². The minimum absolute atomic E-state index is 0.134. The van der Waals surface area contributed by atoms with E-state index in [2.05, 4.69) is 0 Å². The van der Waals surface area contributed by atoms with Crippen molar-refractivity contribution in [3.8, 4) is 16.9 Å². The highest BCUT2D eigenvalue weighted by molar-refractivity contribution is 5.73. The summed E-state index contributed by atoms with van der Waals surface area (Å²) in [5.41, 5.74) is 0.395. The molecule has 0 bridgehead atoms. The van der Waals surface area contributed by atoms with Gasteiger partial charge in [-0.15, -0.1) is 0 Å². The molecular formula is C11H8O3. The molecule has 3 nitrogen and oxygen atoms in total. The van der Waals surface area contributed by atoms with Crippen molar-refractivity contribution in [2.45, 2.75) is 6.92 Å². The number of aryl methyl sites for hydroxylation is 1. The molecule has 0 radical (unpaired) electrons. The Kier molecular flexibility index (Phi) is 1.74. The molecule has 3 heteroatoms. The maximum absolute atomic E-state index is 11.1. The van der Waals surface area contributed by atoms with Crippen LogP contribution in [-0.2, 0) is 0 Å². The second-order valence-corrected chi connectivity index (χ2v) is 3.25. The molecule has 0 aliphatic carbocycles. The predicted molar refractivity (Wildman–Crippen MR) is 53.2 cm³/mol. The third-order valence-electron chi connectivity index (χ3n) is 2.23. The van der Waals surface area contributed by atoms with E-state index in [1.807, 2.05) is 19.1 Å². The van der Waals surface area contributed by atoms with E-state index in [0.29, 0.717) is 5.56 Å². The number of hydrogen-bond acceptors (Lipinski definition) is 3. The van der Waals surface area contributed by atoms with Gasteiger partial charge in [-0.05, 0) is 12.5 Å². The van der Waals surface area contributed by atoms with Gasteiger partial charge in [0, 0.05) is 0 Å². The van der Waals surface area contributed by atoms with E-state index in [1.165, 1.54) is 0 Å². The van der Waals surface area contributed by atoms with Crippen LogP contribution in [0.15, 0.2) is 33.9 Å². The van der Waals surface area contributed by atoms with Crippen LogP contribution in [0.25, 0.3) is 11.1 Å². The Morgan fingerprint density at radius 3 is 2.07 bits per heavy atom. The van der Waals surface area contributed by atoms with Crippen LogP contribution in [0.2, 0.25) is 0 Å². The number of rotatable bonds is 1. The lowest BCUT2D eigenvalue weighted by atomic mass is 9.99. The average Bonchev–Trinajstić information content (AvgIpc) is 2.21. The molecule has 0 heterocycles. The normalized spacial score (nSPS) is 10.6. The molecule has 70 valence electrons. The average molecular weight is 188 g/mol. The predicted octanol–water partition coefficient (Wildman–Crippen LogP) is 0.964. The molecule has 2 aromatic rings. The first-order valence-electron chi connectivity index (χ1n) is 4.20. The van der Waals surface area contributed by atoms with E-state index < -0.39 is 16.6 Å². The van der Waals surface area contributed by atoms with Gasteiger partial charge < -0.3 is 5.11 Å². The molecule has 0 aliphatic heterocycles. The van der Waals surface area contributed by atoms with Crippen molar-refractivity contribution in [2.75, 3.05) is 0 Å². The summed E-state index contributed by atoms with van der Waals surface area (Å²) in [5, 5.41) is 9.18. The van der Waals surface area contributed by atoms with E-state index in [1.54, 1.807) is 12.1 Å². The van der Waals surface area contributed by atoms with Gasteiger partial charge in [0.15, 0.2) is 5.75 Å². The quantitative estimate of drug-likeness (QED) is 0.678. The molecule has 0 spiro atoms. The second kappa shape index (κ2) is 2.80. The van der Waals surface area contributed by atoms with Crippen LogP contribution in [0.4, 0.5) is 0 Å². The van der Waals surface area contributed by atoms with E-state index in [4.69, 9.17) is 0 Å². The van der Waals surface area contributed by atoms with Gasteiger partial charge in [-0.1, -0.05) is 29.8 Å². The smallest absolute Gasteiger partial charge is 0.268 e. The molecular weight excluding hydrogens is 180 g/mol. The lowest BCUT2D eigenvalue weighted by Crippen LogP contribution is -2.31. The summed E-state index contributed by atoms with van der Waals surface area (Å²) in [6, 6.07) is 7.08. The zero-order valence-electron chi connectivity index (χ0n) is 7.57. The van der Waals surface area contributed by atoms with E-state index in [-0.39, 0.29) is 5.56 Å². The van der Waals surface area contributed by atoms with E-state index >= 15 is 0 Å². The minimum Gasteiger partial charge on any atom is -0.503 e. The summed E-state index contributed by atoms with van der Waals surface area (Å²) in [6.07, 6.45) is 0. The van der Waals surface area contributed by atoms with Crippen molar-refractivity contribution >= 4 is 0 Å². The Bertz CT molecular complexity index is 543. The van der Waals surface area contributed by atoms with Crippen LogP contribution in [-0.4, -0.2) is 5.11 Å². The SMILES string of the molecule is Cc1ccc(-c2c(O)c(=O)c2=O)cc1. The first-order chi connectivity index (χ1) is 6.61. The fourth-order valence-electron chi connectivity index (χ4n) is 1.37. The Morgan fingerprint density at radius 1 is 1.00 bits per heavy atom. The maximum atomic E-state index is 11.1. The fraction of sp³-hybridized carbons (Fsp3) is 0.0909. The molecule has 0 aromatic heterocycles. The zero-order chi connectivity index (χ0) is 10.3. The molecule has 0 saturated heterocycles. The van der Waals surface area contributed by atoms with Crippen LogP contribution < -0.4 is 10.9 Å². The molecule has 0 amide bonds. The minimum atomic E-state index is -0.791. The van der Waals surface area contributed by atoms with Crippen molar-refractivity contribution in [1.29, 1.82) is 0 Å². The van der Waals surface area contributed by atoms with Gasteiger partial charge in [0.1, 0.15) is 0 Å². The zero-order valence-corrected chi connectivity index (χ0v) is 7.57. The fourth-order valence-corrected chi connectivity index (χ4v) is 1.37. The molecule has 2 rings (SSSR count). The van der Waals surface area contributed by atoms with Gasteiger partial charge in [-0.2, -0.15) is 0 Å². The highest BCUT2D eigenvalue weighted by Crippen LogP contribution is 2.23. The first kappa shape index (κ1) is 8.69. The van der Waals surface area contributed by atoms with Crippen molar-refractivity contribution in [2.24, 2.45) is 0 Å². The standard InChI is InChI=1S/C11H8O3/c1-6-2-4-7(5-3-6)8-9(12)11(14)10(8)13/h2-5,12H,1H3. The second-order valence-electron chi connectivity index (χ2n) is 3.25. The largest absolute Gasteiger partial charge is 0.503 e. The van der Waals surface area contributed by atoms with Gasteiger partial charge in [0.2, 0.25) is 5.43 Å². The Hall–Kier alpha value is -1.90. The number of benzene rings is 1. The molecule has 0 unspecified atom stereocenters. The monoisotopic (exact) mass is 188 g/mol. The number of hydrogen-bond donors (Lipinski definition) is 1. The van der Waals surface area contributed by atoms with Crippen molar-refractivity contribution in [3.63, 3.8) is 0 Å². The van der Waals surface area contributed by atoms with Gasteiger partial charge in [0.05, 0.1) is 5.56 Å². The highest BCUT2D eigenvalue weighted by Gasteiger charge is 2.20. The van der Waals surface area contributed by atoms with Gasteiger partial charge in [-0.25, -0.2) is 0 Å². The summed E-state index contributed by atoms with van der Waals surface area (Å²) in [7, 11) is 0. The summed E-state index contributed by atoms with van der Waals surface area (Å²) in [5.74, 6) is -0.418. The maximum Gasteiger partial charge on any atom is 0.268 e. The Labute approximate surface area is 79.9 Å². The lowest BCUT2D eigenvalue weighted by Gasteiger charge is -2.05. The molecule has 0 aliphatic rings. The van der Waals surface area contributed by atoms with Crippen molar-refractivity contribution in [3.05, 3.63) is 50.3 Å². The third-order valence-corrected chi connectivity index (χ3v) is 2.23. The molecule has 0 saturated carbocycles. The van der Waals surface area contributed by atoms with Gasteiger partial charge >= 0.3 is 0 Å². The highest BCUT2D eigenvalue weighted by atomic mass is 16.3. The van der Waals surface area contributed by atoms with Gasteiger partial charge in [0.25, 0.3) is 5.43 Å². The lowest BCUT2D eigenvalue weighted by molar-refractivity contribution is 0.465. The van der Waals surface area contributed by atoms with Crippen LogP contribution >= 0.6 is 0 Å². The molecule has 0 atom stereocenters. The van der Waals surface area contributed by atoms with Crippen LogP contribution in [0.3, 0.4) is 0 Å². The Balaban J connectivity index is 2.58. The molecule has 2 aromatic carbocycles. The summed E-state index contributed by atoms with van der Waals surface area (Å²) in [4.78, 5) is 21.8. The van der Waals surface area contributed by atoms with Crippen molar-refractivity contribution < 1.29 is 5.11 Å². The van der Waals surface area contributed by atoms with Crippen molar-refractivity contribution in [1.82, 2.24) is 0 Å². The van der Waals surface area contributed by atoms with E-state index in [0.717, 1.165) is 5.56 Å². The Morgan fingerprint density at radius 2 is 1.57 bits per heavy atom. The van der Waals surface area contributed by atoms with Crippen LogP contribution in [0, 0.1) is 6.92 Å². The molecule has 14 heavy (non-hydrogen) atoms. The summed E-state index contributed by atoms with van der Waals surface area (Å²) >= 11 is 0. The number of aromatic hydroxyl groups is 1. The van der Waals surface area contributed by atoms with Crippen LogP contribution in [0.5, 0.6) is 5.75 Å². The van der Waals surface area contributed by atoms with Crippen LogP contribution in [0.1, 0.15) is 5.56 Å². The molecule has 1 N–H and O–H groups in total. The topological polar surface area (TPSA) is 54.4 Å². The molecule has 0 fully saturated rings. The first-order valence-corrected chi connectivity index (χ1v) is 4.20. The van der Waals surface area contributed by atoms with Gasteiger partial charge in [-0.3, -0.25) is 9.59 Å². The third kappa shape index (κ3) is 1.06. The summed E-state index contributed by atoms with van der Waals surface area (Å²) in [6.45, 7) is 1.92. The summed E-state index contributed by atoms with van der Waals surface area (Å²) < 4.78 is 0.